The van der Waals surface area contributed by atoms with E-state index in [0.717, 1.165) is 16.8 Å². The van der Waals surface area contributed by atoms with Crippen LogP contribution in [0, 0.1) is 13.8 Å². The van der Waals surface area contributed by atoms with Crippen molar-refractivity contribution in [2.75, 3.05) is 43.3 Å². The van der Waals surface area contributed by atoms with Crippen molar-refractivity contribution in [2.24, 2.45) is 0 Å². The molecule has 2 fully saturated rings. The Morgan fingerprint density at radius 2 is 1.65 bits per heavy atom. The van der Waals surface area contributed by atoms with Crippen molar-refractivity contribution in [1.29, 1.82) is 0 Å². The van der Waals surface area contributed by atoms with Gasteiger partial charge < -0.3 is 29.5 Å². The largest absolute Gasteiger partial charge is 0.454 e. The molecule has 0 saturated carbocycles. The van der Waals surface area contributed by atoms with Gasteiger partial charge in [-0.05, 0) is 80.3 Å². The molecule has 9 nitrogen and oxygen atoms in total. The number of hydrogen-bond acceptors (Lipinski definition) is 6. The van der Waals surface area contributed by atoms with Crippen molar-refractivity contribution in [3.63, 3.8) is 0 Å². The number of benzene rings is 3. The van der Waals surface area contributed by atoms with Crippen molar-refractivity contribution < 1.29 is 23.9 Å². The predicted octanol–water partition coefficient (Wildman–Crippen LogP) is 3.95. The van der Waals surface area contributed by atoms with Crippen LogP contribution in [0.15, 0.2) is 66.7 Å². The number of nitrogens with zero attached hydrogens (tertiary/aromatic N) is 3. The van der Waals surface area contributed by atoms with E-state index < -0.39 is 5.54 Å². The molecular formula is C31H32N4O5. The number of nitrogens with one attached hydrogen (secondary N) is 1. The summed E-state index contributed by atoms with van der Waals surface area (Å²) < 4.78 is 10.8. The number of carbonyl (C=O) groups is 3. The number of amides is 3. The first kappa shape index (κ1) is 25.7. The zero-order valence-corrected chi connectivity index (χ0v) is 22.7. The summed E-state index contributed by atoms with van der Waals surface area (Å²) >= 11 is 0. The molecule has 3 aliphatic heterocycles. The second-order valence-corrected chi connectivity index (χ2v) is 10.6. The number of para-hydroxylation sites is 1. The molecule has 3 aromatic rings. The number of aryl methyl sites for hydroxylation is 2. The summed E-state index contributed by atoms with van der Waals surface area (Å²) in [6, 6.07) is 20.8. The number of rotatable bonds is 5. The highest BCUT2D eigenvalue weighted by Crippen LogP contribution is 2.40. The van der Waals surface area contributed by atoms with Gasteiger partial charge in [-0.3, -0.25) is 14.4 Å². The lowest BCUT2D eigenvalue weighted by Gasteiger charge is -2.43. The van der Waals surface area contributed by atoms with E-state index in [0.29, 0.717) is 55.3 Å². The van der Waals surface area contributed by atoms with Crippen LogP contribution in [-0.2, 0) is 9.59 Å². The maximum absolute atomic E-state index is 14.0. The highest BCUT2D eigenvalue weighted by atomic mass is 16.7. The van der Waals surface area contributed by atoms with Crippen molar-refractivity contribution in [1.82, 2.24) is 9.80 Å². The molecule has 0 unspecified atom stereocenters. The van der Waals surface area contributed by atoms with Gasteiger partial charge in [-0.1, -0.05) is 24.3 Å². The van der Waals surface area contributed by atoms with Crippen molar-refractivity contribution in [2.45, 2.75) is 32.2 Å². The maximum Gasteiger partial charge on any atom is 0.253 e. The van der Waals surface area contributed by atoms with Crippen LogP contribution in [0.4, 0.5) is 11.4 Å². The lowest BCUT2D eigenvalue weighted by atomic mass is 9.85. The Morgan fingerprint density at radius 3 is 2.40 bits per heavy atom. The zero-order valence-electron chi connectivity index (χ0n) is 22.7. The molecule has 0 radical (unpaired) electrons. The SMILES string of the molecule is Cc1ccc(NC(=O)CN2CN(c3ccccc3)C3(CCN(C(=O)c4ccc5c(c4)OCO5)CC3)C2=O)cc1C. The van der Waals surface area contributed by atoms with Gasteiger partial charge in [0.25, 0.3) is 11.8 Å². The van der Waals surface area contributed by atoms with Crippen LogP contribution in [0.3, 0.4) is 0 Å². The molecule has 206 valence electrons. The molecule has 0 atom stereocenters. The van der Waals surface area contributed by atoms with Crippen molar-refractivity contribution in [3.05, 3.63) is 83.4 Å². The molecule has 1 spiro atoms. The Morgan fingerprint density at radius 1 is 0.900 bits per heavy atom. The van der Waals surface area contributed by atoms with Gasteiger partial charge in [-0.15, -0.1) is 0 Å². The first-order valence-electron chi connectivity index (χ1n) is 13.5. The van der Waals surface area contributed by atoms with Crippen LogP contribution in [-0.4, -0.2) is 66.2 Å². The molecule has 3 amide bonds. The summed E-state index contributed by atoms with van der Waals surface area (Å²) in [5.74, 6) is 0.773. The molecular weight excluding hydrogens is 508 g/mol. The number of carbonyl (C=O) groups excluding carboxylic acids is 3. The topological polar surface area (TPSA) is 91.4 Å². The molecule has 0 bridgehead atoms. The molecule has 3 aromatic carbocycles. The summed E-state index contributed by atoms with van der Waals surface area (Å²) in [5.41, 5.74) is 3.58. The lowest BCUT2D eigenvalue weighted by Crippen LogP contribution is -2.57. The number of likely N-dealkylation sites (tertiary alicyclic amines) is 1. The number of ether oxygens (including phenoxy) is 2. The molecule has 1 N–H and O–H groups in total. The van der Waals surface area contributed by atoms with Crippen LogP contribution >= 0.6 is 0 Å². The first-order chi connectivity index (χ1) is 19.3. The molecule has 6 rings (SSSR count). The monoisotopic (exact) mass is 540 g/mol. The number of hydrogen-bond donors (Lipinski definition) is 1. The lowest BCUT2D eigenvalue weighted by molar-refractivity contribution is -0.136. The predicted molar refractivity (Wildman–Crippen MR) is 150 cm³/mol. The molecule has 0 aliphatic carbocycles. The van der Waals surface area contributed by atoms with E-state index in [-0.39, 0.29) is 31.1 Å². The molecule has 0 aromatic heterocycles. The highest BCUT2D eigenvalue weighted by molar-refractivity contribution is 6.00. The molecule has 2 saturated heterocycles. The normalized spacial score (nSPS) is 17.4. The van der Waals surface area contributed by atoms with Crippen LogP contribution in [0.1, 0.15) is 34.3 Å². The Hall–Kier alpha value is -4.53. The third-order valence-corrected chi connectivity index (χ3v) is 8.20. The quantitative estimate of drug-likeness (QED) is 0.527. The van der Waals surface area contributed by atoms with Crippen LogP contribution in [0.2, 0.25) is 0 Å². The molecule has 9 heteroatoms. The van der Waals surface area contributed by atoms with Gasteiger partial charge in [0.05, 0.1) is 6.67 Å². The third kappa shape index (κ3) is 4.61. The average Bonchev–Trinajstić information content (AvgIpc) is 3.54. The minimum absolute atomic E-state index is 0.0450. The van der Waals surface area contributed by atoms with E-state index in [1.807, 2.05) is 62.4 Å². The Labute approximate surface area is 233 Å². The smallest absolute Gasteiger partial charge is 0.253 e. The van der Waals surface area contributed by atoms with Crippen LogP contribution in [0.5, 0.6) is 11.5 Å². The molecule has 3 heterocycles. The average molecular weight is 541 g/mol. The fraction of sp³-hybridized carbons (Fsp3) is 0.323. The minimum Gasteiger partial charge on any atom is -0.454 e. The van der Waals surface area contributed by atoms with Gasteiger partial charge in [0.2, 0.25) is 12.7 Å². The Kier molecular flexibility index (Phi) is 6.57. The van der Waals surface area contributed by atoms with Gasteiger partial charge in [0.15, 0.2) is 11.5 Å². The van der Waals surface area contributed by atoms with Gasteiger partial charge in [-0.25, -0.2) is 0 Å². The molecule has 3 aliphatic rings. The summed E-state index contributed by atoms with van der Waals surface area (Å²) in [5, 5.41) is 2.94. The second-order valence-electron chi connectivity index (χ2n) is 10.6. The van der Waals surface area contributed by atoms with E-state index >= 15 is 0 Å². The number of fused-ring (bicyclic) bond motifs is 1. The minimum atomic E-state index is -0.826. The van der Waals surface area contributed by atoms with Gasteiger partial charge in [-0.2, -0.15) is 0 Å². The summed E-state index contributed by atoms with van der Waals surface area (Å²) in [6.45, 7) is 5.28. The van der Waals surface area contributed by atoms with E-state index in [1.165, 1.54) is 0 Å². The van der Waals surface area contributed by atoms with Crippen LogP contribution in [0.25, 0.3) is 0 Å². The Bertz CT molecular complexity index is 1470. The fourth-order valence-electron chi connectivity index (χ4n) is 5.81. The van der Waals surface area contributed by atoms with Gasteiger partial charge in [0, 0.05) is 30.0 Å². The van der Waals surface area contributed by atoms with Gasteiger partial charge >= 0.3 is 0 Å². The maximum atomic E-state index is 14.0. The van der Waals surface area contributed by atoms with E-state index in [2.05, 4.69) is 10.2 Å². The third-order valence-electron chi connectivity index (χ3n) is 8.20. The standard InChI is InChI=1S/C31H32N4O5/c1-21-8-10-24(16-22(21)2)32-28(36)18-34-19-35(25-6-4-3-5-7-25)31(30(34)38)12-14-33(15-13-31)29(37)23-9-11-26-27(17-23)40-20-39-26/h3-11,16-17H,12-15,18-20H2,1-2H3,(H,32,36). The van der Waals surface area contributed by atoms with Crippen molar-refractivity contribution >= 4 is 29.1 Å². The summed E-state index contributed by atoms with van der Waals surface area (Å²) in [7, 11) is 0. The number of piperidine rings is 1. The van der Waals surface area contributed by atoms with E-state index in [9.17, 15) is 14.4 Å². The zero-order chi connectivity index (χ0) is 27.9. The summed E-state index contributed by atoms with van der Waals surface area (Å²) in [6.07, 6.45) is 0.929. The van der Waals surface area contributed by atoms with Crippen molar-refractivity contribution in [3.8, 4) is 11.5 Å². The summed E-state index contributed by atoms with van der Waals surface area (Å²) in [4.78, 5) is 45.8. The van der Waals surface area contributed by atoms with Crippen LogP contribution < -0.4 is 19.7 Å². The Balaban J connectivity index is 1.19. The van der Waals surface area contributed by atoms with Gasteiger partial charge in [0.1, 0.15) is 12.1 Å². The first-order valence-corrected chi connectivity index (χ1v) is 13.5. The van der Waals surface area contributed by atoms with E-state index in [1.54, 1.807) is 28.0 Å². The molecule has 40 heavy (non-hydrogen) atoms. The highest BCUT2D eigenvalue weighted by Gasteiger charge is 2.54. The fourth-order valence-corrected chi connectivity index (χ4v) is 5.81. The second kappa shape index (κ2) is 10.2. The number of anilines is 2. The van der Waals surface area contributed by atoms with E-state index in [4.69, 9.17) is 9.47 Å².